The van der Waals surface area contributed by atoms with E-state index >= 15 is 0 Å². The van der Waals surface area contributed by atoms with Gasteiger partial charge in [0.1, 0.15) is 5.69 Å². The van der Waals surface area contributed by atoms with Crippen LogP contribution in [0.2, 0.25) is 0 Å². The highest BCUT2D eigenvalue weighted by Gasteiger charge is 2.60. The topological polar surface area (TPSA) is 144 Å². The number of hydrogen-bond acceptors (Lipinski definition) is 9. The lowest BCUT2D eigenvalue weighted by Crippen LogP contribution is -2.46. The lowest BCUT2D eigenvalue weighted by atomic mass is 9.95. The maximum atomic E-state index is 14.6. The first-order valence-corrected chi connectivity index (χ1v) is 14.1. The smallest absolute Gasteiger partial charge is 0.434 e. The summed E-state index contributed by atoms with van der Waals surface area (Å²) in [5, 5.41) is 18.5. The van der Waals surface area contributed by atoms with Crippen LogP contribution in [0.4, 0.5) is 18.9 Å². The van der Waals surface area contributed by atoms with Crippen LogP contribution in [0.1, 0.15) is 57.9 Å². The SMILES string of the molecule is CCOC(=O)c1cc2cc(Cn3cc(C(CC)(OC(=O)c4ccc([N+](=O)[O-])cc4)C(F)(F)F)nn3)ccn2c1-c1ccc(C)nc1. The number of ether oxygens (including phenoxy) is 2. The van der Waals surface area contributed by atoms with Crippen molar-refractivity contribution in [2.75, 3.05) is 6.61 Å². The van der Waals surface area contributed by atoms with Gasteiger partial charge in [0, 0.05) is 41.3 Å². The third-order valence-corrected chi connectivity index (χ3v) is 7.35. The summed E-state index contributed by atoms with van der Waals surface area (Å²) in [6.45, 7) is 4.92. The Morgan fingerprint density at radius 3 is 2.37 bits per heavy atom. The minimum atomic E-state index is -5.07. The van der Waals surface area contributed by atoms with Gasteiger partial charge in [-0.3, -0.25) is 15.1 Å². The molecule has 15 heteroatoms. The zero-order chi connectivity index (χ0) is 33.2. The van der Waals surface area contributed by atoms with Crippen molar-refractivity contribution in [1.29, 1.82) is 0 Å². The van der Waals surface area contributed by atoms with E-state index in [0.717, 1.165) is 36.2 Å². The lowest BCUT2D eigenvalue weighted by Gasteiger charge is -2.32. The van der Waals surface area contributed by atoms with Crippen LogP contribution < -0.4 is 0 Å². The minimum Gasteiger partial charge on any atom is -0.462 e. The third-order valence-electron chi connectivity index (χ3n) is 7.35. The molecule has 1 aromatic carbocycles. The number of nitrogens with zero attached hydrogens (tertiary/aromatic N) is 6. The number of alkyl halides is 3. The van der Waals surface area contributed by atoms with Crippen molar-refractivity contribution in [2.45, 2.75) is 45.5 Å². The van der Waals surface area contributed by atoms with Gasteiger partial charge in [0.2, 0.25) is 0 Å². The van der Waals surface area contributed by atoms with Crippen LogP contribution in [0.3, 0.4) is 0 Å². The summed E-state index contributed by atoms with van der Waals surface area (Å²) in [6, 6.07) is 12.8. The Balaban J connectivity index is 1.46. The number of rotatable bonds is 10. The number of pyridine rings is 2. The predicted molar refractivity (Wildman–Crippen MR) is 157 cm³/mol. The second kappa shape index (κ2) is 12.4. The first kappa shape index (κ1) is 31.8. The van der Waals surface area contributed by atoms with Gasteiger partial charge in [-0.1, -0.05) is 12.1 Å². The molecular weight excluding hydrogens is 609 g/mol. The molecule has 12 nitrogen and oxygen atoms in total. The summed E-state index contributed by atoms with van der Waals surface area (Å²) >= 11 is 0. The third kappa shape index (κ3) is 6.03. The van der Waals surface area contributed by atoms with Gasteiger partial charge in [-0.05, 0) is 68.3 Å². The number of carbonyl (C=O) groups is 2. The molecule has 1 unspecified atom stereocenters. The number of hydrogen-bond donors (Lipinski definition) is 0. The Hall–Kier alpha value is -5.60. The molecule has 4 heterocycles. The molecule has 0 N–H and O–H groups in total. The molecule has 0 aliphatic rings. The van der Waals surface area contributed by atoms with Crippen molar-refractivity contribution in [3.8, 4) is 11.3 Å². The number of aryl methyl sites for hydroxylation is 1. The van der Waals surface area contributed by atoms with Gasteiger partial charge >= 0.3 is 18.1 Å². The Morgan fingerprint density at radius 2 is 1.76 bits per heavy atom. The predicted octanol–water partition coefficient (Wildman–Crippen LogP) is 6.06. The number of non-ortho nitro benzene ring substituents is 1. The summed E-state index contributed by atoms with van der Waals surface area (Å²) in [5.74, 6) is -1.85. The first-order valence-electron chi connectivity index (χ1n) is 14.1. The van der Waals surface area contributed by atoms with Crippen molar-refractivity contribution in [3.05, 3.63) is 111 Å². The number of nitro groups is 1. The summed E-state index contributed by atoms with van der Waals surface area (Å²) in [5.41, 5.74) is -0.789. The second-order valence-electron chi connectivity index (χ2n) is 10.3. The highest BCUT2D eigenvalue weighted by Crippen LogP contribution is 2.44. The Morgan fingerprint density at radius 1 is 1.02 bits per heavy atom. The molecule has 5 rings (SSSR count). The van der Waals surface area contributed by atoms with Gasteiger partial charge in [0.25, 0.3) is 11.3 Å². The zero-order valence-electron chi connectivity index (χ0n) is 24.8. The fourth-order valence-corrected chi connectivity index (χ4v) is 4.98. The number of benzene rings is 1. The van der Waals surface area contributed by atoms with Crippen molar-refractivity contribution >= 4 is 23.1 Å². The summed E-state index contributed by atoms with van der Waals surface area (Å²) in [6.07, 6.45) is -1.36. The highest BCUT2D eigenvalue weighted by molar-refractivity contribution is 5.99. The average Bonchev–Trinajstić information content (AvgIpc) is 3.64. The zero-order valence-corrected chi connectivity index (χ0v) is 24.8. The van der Waals surface area contributed by atoms with E-state index in [1.165, 1.54) is 11.6 Å². The van der Waals surface area contributed by atoms with E-state index in [0.29, 0.717) is 27.9 Å². The van der Waals surface area contributed by atoms with Crippen LogP contribution in [0, 0.1) is 17.0 Å². The van der Waals surface area contributed by atoms with E-state index < -0.39 is 40.8 Å². The molecule has 0 aliphatic heterocycles. The van der Waals surface area contributed by atoms with Crippen molar-refractivity contribution < 1.29 is 37.2 Å². The van der Waals surface area contributed by atoms with E-state index in [4.69, 9.17) is 9.47 Å². The number of carbonyl (C=O) groups excluding carboxylic acids is 2. The highest BCUT2D eigenvalue weighted by atomic mass is 19.4. The average molecular weight is 637 g/mol. The van der Waals surface area contributed by atoms with Gasteiger partial charge in [-0.15, -0.1) is 5.10 Å². The molecule has 238 valence electrons. The molecule has 0 aliphatic carbocycles. The number of nitro benzene ring substituents is 1. The van der Waals surface area contributed by atoms with E-state index in [1.54, 1.807) is 41.9 Å². The van der Waals surface area contributed by atoms with Gasteiger partial charge in [0.05, 0.1) is 41.1 Å². The van der Waals surface area contributed by atoms with Crippen molar-refractivity contribution in [2.24, 2.45) is 0 Å². The number of halogens is 3. The van der Waals surface area contributed by atoms with Crippen molar-refractivity contribution in [3.63, 3.8) is 0 Å². The van der Waals surface area contributed by atoms with Crippen LogP contribution in [-0.4, -0.2) is 54.0 Å². The quantitative estimate of drug-likeness (QED) is 0.102. The minimum absolute atomic E-state index is 0.00120. The normalized spacial score (nSPS) is 12.9. The second-order valence-corrected chi connectivity index (χ2v) is 10.3. The molecule has 5 aromatic rings. The van der Waals surface area contributed by atoms with Crippen LogP contribution >= 0.6 is 0 Å². The molecule has 0 spiro atoms. The molecule has 0 saturated heterocycles. The van der Waals surface area contributed by atoms with E-state index in [2.05, 4.69) is 15.3 Å². The van der Waals surface area contributed by atoms with Crippen LogP contribution in [0.25, 0.3) is 16.8 Å². The molecule has 0 bridgehead atoms. The fraction of sp³-hybridized carbons (Fsp3) is 0.258. The van der Waals surface area contributed by atoms with Gasteiger partial charge < -0.3 is 13.9 Å². The van der Waals surface area contributed by atoms with E-state index in [-0.39, 0.29) is 24.4 Å². The monoisotopic (exact) mass is 636 g/mol. The number of esters is 2. The molecule has 0 amide bonds. The van der Waals surface area contributed by atoms with Crippen LogP contribution in [0.15, 0.2) is 73.2 Å². The Kier molecular flexibility index (Phi) is 8.59. The molecule has 46 heavy (non-hydrogen) atoms. The Bertz CT molecular complexity index is 1920. The molecule has 0 saturated carbocycles. The molecular formula is C31H27F3N6O6. The molecule has 1 atom stereocenters. The number of fused-ring (bicyclic) bond motifs is 1. The van der Waals surface area contributed by atoms with Gasteiger partial charge in [0.15, 0.2) is 0 Å². The van der Waals surface area contributed by atoms with Gasteiger partial charge in [-0.2, -0.15) is 13.2 Å². The maximum absolute atomic E-state index is 14.6. The summed E-state index contributed by atoms with van der Waals surface area (Å²) in [7, 11) is 0. The standard InChI is InChI=1S/C31H27F3N6O6/c1-4-30(31(32,33)34,46-28(41)21-8-10-23(11-9-21)40(43)44)26-18-38(37-36-26)17-20-12-13-39-24(14-20)15-25(29(42)45-5-2)27(39)22-7-6-19(3)35-16-22/h6-16,18H,4-5,17H2,1-3H3. The largest absolute Gasteiger partial charge is 0.462 e. The fourth-order valence-electron chi connectivity index (χ4n) is 4.98. The van der Waals surface area contributed by atoms with Crippen LogP contribution in [-0.2, 0) is 21.6 Å². The molecule has 4 aromatic heterocycles. The van der Waals surface area contributed by atoms with Crippen molar-refractivity contribution in [1.82, 2.24) is 24.4 Å². The summed E-state index contributed by atoms with van der Waals surface area (Å²) < 4.78 is 56.9. The molecule has 0 fully saturated rings. The van der Waals surface area contributed by atoms with Gasteiger partial charge in [-0.25, -0.2) is 14.3 Å². The summed E-state index contributed by atoms with van der Waals surface area (Å²) in [4.78, 5) is 40.2. The van der Waals surface area contributed by atoms with E-state index in [1.807, 2.05) is 19.1 Å². The van der Waals surface area contributed by atoms with E-state index in [9.17, 15) is 32.9 Å². The Labute approximate surface area is 259 Å². The maximum Gasteiger partial charge on any atom is 0.434 e. The lowest BCUT2D eigenvalue weighted by molar-refractivity contribution is -0.384. The first-order chi connectivity index (χ1) is 21.9. The molecule has 0 radical (unpaired) electrons. The van der Waals surface area contributed by atoms with Crippen LogP contribution in [0.5, 0.6) is 0 Å². The number of aromatic nitrogens is 5.